The number of carbonyl (C=O) groups is 2. The second-order valence-corrected chi connectivity index (χ2v) is 3.35. The predicted molar refractivity (Wildman–Crippen MR) is 53.0 cm³/mol. The average molecular weight is 202 g/mol. The molecule has 82 valence electrons. The highest BCUT2D eigenvalue weighted by Crippen LogP contribution is 1.82. The van der Waals surface area contributed by atoms with Crippen molar-refractivity contribution in [2.75, 3.05) is 13.1 Å². The molecule has 5 nitrogen and oxygen atoms in total. The molecule has 0 radical (unpaired) electrons. The SMILES string of the molecule is CC(C)NCCC(=O)NCCC(=O)O. The van der Waals surface area contributed by atoms with Crippen molar-refractivity contribution in [1.82, 2.24) is 10.6 Å². The van der Waals surface area contributed by atoms with Gasteiger partial charge in [-0.25, -0.2) is 0 Å². The van der Waals surface area contributed by atoms with Crippen LogP contribution in [0.4, 0.5) is 0 Å². The summed E-state index contributed by atoms with van der Waals surface area (Å²) in [6, 6.07) is 0.363. The lowest BCUT2D eigenvalue weighted by Crippen LogP contribution is -2.31. The number of carboxylic acid groups (broad SMARTS) is 1. The first kappa shape index (κ1) is 12.9. The summed E-state index contributed by atoms with van der Waals surface area (Å²) in [5.41, 5.74) is 0. The molecule has 0 unspecified atom stereocenters. The first-order valence-corrected chi connectivity index (χ1v) is 4.74. The summed E-state index contributed by atoms with van der Waals surface area (Å²) < 4.78 is 0. The van der Waals surface area contributed by atoms with E-state index in [-0.39, 0.29) is 18.9 Å². The van der Waals surface area contributed by atoms with Crippen LogP contribution in [0.5, 0.6) is 0 Å². The van der Waals surface area contributed by atoms with Crippen LogP contribution in [0.25, 0.3) is 0 Å². The zero-order valence-corrected chi connectivity index (χ0v) is 8.67. The normalized spacial score (nSPS) is 10.2. The summed E-state index contributed by atoms with van der Waals surface area (Å²) in [6.07, 6.45) is 0.362. The highest BCUT2D eigenvalue weighted by molar-refractivity contribution is 5.76. The quantitative estimate of drug-likeness (QED) is 0.541. The van der Waals surface area contributed by atoms with Gasteiger partial charge in [0.2, 0.25) is 5.91 Å². The minimum atomic E-state index is -0.898. The standard InChI is InChI=1S/C9H18N2O3/c1-7(2)10-5-3-8(12)11-6-4-9(13)14/h7,10H,3-6H2,1-2H3,(H,11,12)(H,13,14). The van der Waals surface area contributed by atoms with E-state index in [4.69, 9.17) is 5.11 Å². The number of hydrogen-bond donors (Lipinski definition) is 3. The summed E-state index contributed by atoms with van der Waals surface area (Å²) in [6.45, 7) is 4.83. The fourth-order valence-corrected chi connectivity index (χ4v) is 0.872. The Morgan fingerprint density at radius 3 is 2.36 bits per heavy atom. The van der Waals surface area contributed by atoms with Crippen molar-refractivity contribution < 1.29 is 14.7 Å². The van der Waals surface area contributed by atoms with Crippen LogP contribution in [0.1, 0.15) is 26.7 Å². The number of rotatable bonds is 7. The maximum atomic E-state index is 11.1. The van der Waals surface area contributed by atoms with Crippen molar-refractivity contribution >= 4 is 11.9 Å². The molecule has 0 rings (SSSR count). The van der Waals surface area contributed by atoms with Crippen molar-refractivity contribution in [2.24, 2.45) is 0 Å². The molecule has 0 saturated carbocycles. The van der Waals surface area contributed by atoms with E-state index in [0.717, 1.165) is 0 Å². The van der Waals surface area contributed by atoms with Crippen LogP contribution in [-0.2, 0) is 9.59 Å². The fourth-order valence-electron chi connectivity index (χ4n) is 0.872. The smallest absolute Gasteiger partial charge is 0.305 e. The highest BCUT2D eigenvalue weighted by Gasteiger charge is 2.02. The first-order chi connectivity index (χ1) is 6.52. The van der Waals surface area contributed by atoms with Gasteiger partial charge in [0.05, 0.1) is 6.42 Å². The zero-order valence-electron chi connectivity index (χ0n) is 8.67. The molecule has 0 aromatic carbocycles. The van der Waals surface area contributed by atoms with Gasteiger partial charge in [0.25, 0.3) is 0 Å². The lowest BCUT2D eigenvalue weighted by atomic mass is 10.3. The monoisotopic (exact) mass is 202 g/mol. The molecule has 0 heterocycles. The van der Waals surface area contributed by atoms with E-state index >= 15 is 0 Å². The topological polar surface area (TPSA) is 78.4 Å². The predicted octanol–water partition coefficient (Wildman–Crippen LogP) is -0.0346. The third-order valence-corrected chi connectivity index (χ3v) is 1.57. The van der Waals surface area contributed by atoms with Crippen molar-refractivity contribution in [3.63, 3.8) is 0 Å². The molecule has 0 fully saturated rings. The number of carbonyl (C=O) groups excluding carboxylic acids is 1. The van der Waals surface area contributed by atoms with Gasteiger partial charge in [-0.3, -0.25) is 9.59 Å². The Labute approximate surface area is 83.9 Å². The number of aliphatic carboxylic acids is 1. The molecular weight excluding hydrogens is 184 g/mol. The van der Waals surface area contributed by atoms with Gasteiger partial charge in [-0.2, -0.15) is 0 Å². The number of nitrogens with one attached hydrogen (secondary N) is 2. The number of hydrogen-bond acceptors (Lipinski definition) is 3. The molecule has 1 amide bonds. The molecule has 0 spiro atoms. The average Bonchev–Trinajstić information content (AvgIpc) is 2.02. The van der Waals surface area contributed by atoms with Crippen LogP contribution in [0, 0.1) is 0 Å². The minimum absolute atomic E-state index is 0.0245. The Morgan fingerprint density at radius 1 is 1.21 bits per heavy atom. The maximum absolute atomic E-state index is 11.1. The summed E-state index contributed by atoms with van der Waals surface area (Å²) in [5.74, 6) is -1.01. The van der Waals surface area contributed by atoms with E-state index in [1.54, 1.807) is 0 Å². The van der Waals surface area contributed by atoms with Gasteiger partial charge >= 0.3 is 5.97 Å². The van der Waals surface area contributed by atoms with Crippen LogP contribution in [0.2, 0.25) is 0 Å². The Kier molecular flexibility index (Phi) is 6.74. The van der Waals surface area contributed by atoms with Gasteiger partial charge in [0.15, 0.2) is 0 Å². The molecule has 0 saturated heterocycles. The molecule has 0 aliphatic carbocycles. The minimum Gasteiger partial charge on any atom is -0.481 e. The van der Waals surface area contributed by atoms with Crippen molar-refractivity contribution in [3.8, 4) is 0 Å². The van der Waals surface area contributed by atoms with Crippen LogP contribution < -0.4 is 10.6 Å². The van der Waals surface area contributed by atoms with E-state index in [2.05, 4.69) is 10.6 Å². The molecule has 0 aromatic rings. The lowest BCUT2D eigenvalue weighted by molar-refractivity contribution is -0.136. The third kappa shape index (κ3) is 8.99. The summed E-state index contributed by atoms with van der Waals surface area (Å²) in [7, 11) is 0. The van der Waals surface area contributed by atoms with Crippen molar-refractivity contribution in [3.05, 3.63) is 0 Å². The maximum Gasteiger partial charge on any atom is 0.305 e. The molecule has 0 aliphatic heterocycles. The Morgan fingerprint density at radius 2 is 1.86 bits per heavy atom. The molecule has 3 N–H and O–H groups in total. The van der Waals surface area contributed by atoms with Crippen LogP contribution >= 0.6 is 0 Å². The van der Waals surface area contributed by atoms with Gasteiger partial charge in [-0.1, -0.05) is 13.8 Å². The Hall–Kier alpha value is -1.10. The fraction of sp³-hybridized carbons (Fsp3) is 0.778. The van der Waals surface area contributed by atoms with Gasteiger partial charge in [-0.05, 0) is 0 Å². The highest BCUT2D eigenvalue weighted by atomic mass is 16.4. The van der Waals surface area contributed by atoms with Crippen molar-refractivity contribution in [1.29, 1.82) is 0 Å². The van der Waals surface area contributed by atoms with E-state index in [1.807, 2.05) is 13.8 Å². The molecule has 0 bridgehead atoms. The van der Waals surface area contributed by atoms with Crippen LogP contribution in [0.15, 0.2) is 0 Å². The number of amides is 1. The molecule has 0 atom stereocenters. The van der Waals surface area contributed by atoms with E-state index in [9.17, 15) is 9.59 Å². The lowest BCUT2D eigenvalue weighted by Gasteiger charge is -2.07. The Bertz CT molecular complexity index is 192. The Balaban J connectivity index is 3.33. The van der Waals surface area contributed by atoms with Crippen LogP contribution in [-0.4, -0.2) is 36.1 Å². The molecule has 14 heavy (non-hydrogen) atoms. The molecule has 5 heteroatoms. The second-order valence-electron chi connectivity index (χ2n) is 3.35. The number of carboxylic acids is 1. The third-order valence-electron chi connectivity index (χ3n) is 1.57. The van der Waals surface area contributed by atoms with E-state index < -0.39 is 5.97 Å². The van der Waals surface area contributed by atoms with E-state index in [0.29, 0.717) is 19.0 Å². The zero-order chi connectivity index (χ0) is 11.0. The van der Waals surface area contributed by atoms with E-state index in [1.165, 1.54) is 0 Å². The van der Waals surface area contributed by atoms with Gasteiger partial charge < -0.3 is 15.7 Å². The molecule has 0 aromatic heterocycles. The summed E-state index contributed by atoms with van der Waals surface area (Å²) in [4.78, 5) is 21.2. The largest absolute Gasteiger partial charge is 0.481 e. The van der Waals surface area contributed by atoms with Crippen molar-refractivity contribution in [2.45, 2.75) is 32.7 Å². The van der Waals surface area contributed by atoms with Gasteiger partial charge in [0.1, 0.15) is 0 Å². The molecular formula is C9H18N2O3. The van der Waals surface area contributed by atoms with Gasteiger partial charge in [0, 0.05) is 25.6 Å². The second kappa shape index (κ2) is 7.32. The van der Waals surface area contributed by atoms with Crippen LogP contribution in [0.3, 0.4) is 0 Å². The summed E-state index contributed by atoms with van der Waals surface area (Å²) >= 11 is 0. The first-order valence-electron chi connectivity index (χ1n) is 4.74. The van der Waals surface area contributed by atoms with Gasteiger partial charge in [-0.15, -0.1) is 0 Å². The summed E-state index contributed by atoms with van der Waals surface area (Å²) in [5, 5.41) is 13.9. The molecule has 0 aliphatic rings.